The SMILES string of the molecule is C=CC[C@@H](C(O)OCc1ccccc1)N1C(=O)c2ccccc2C1=O. The number of carbonyl (C=O) groups is 2. The standard InChI is InChI=1S/C20H19NO4/c1-2-8-17(20(24)25-13-14-9-4-3-5-10-14)21-18(22)15-11-6-7-12-16(15)19(21)23/h2-7,9-12,17,20,24H,1,8,13H2/t17-,20?/m0/s1. The minimum Gasteiger partial charge on any atom is -0.366 e. The van der Waals surface area contributed by atoms with Crippen LogP contribution >= 0.6 is 0 Å². The lowest BCUT2D eigenvalue weighted by molar-refractivity contribution is -0.139. The number of nitrogens with zero attached hydrogens (tertiary/aromatic N) is 1. The number of ether oxygens (including phenoxy) is 1. The third-order valence-electron chi connectivity index (χ3n) is 4.16. The van der Waals surface area contributed by atoms with Crippen LogP contribution in [-0.2, 0) is 11.3 Å². The second-order valence-corrected chi connectivity index (χ2v) is 5.80. The summed E-state index contributed by atoms with van der Waals surface area (Å²) in [6.07, 6.45) is 0.491. The molecule has 3 rings (SSSR count). The van der Waals surface area contributed by atoms with E-state index in [-0.39, 0.29) is 13.0 Å². The Kier molecular flexibility index (Phi) is 5.07. The van der Waals surface area contributed by atoms with E-state index < -0.39 is 24.1 Å². The molecule has 0 radical (unpaired) electrons. The Labute approximate surface area is 146 Å². The van der Waals surface area contributed by atoms with E-state index >= 15 is 0 Å². The van der Waals surface area contributed by atoms with Gasteiger partial charge in [0.1, 0.15) is 0 Å². The van der Waals surface area contributed by atoms with E-state index in [0.29, 0.717) is 11.1 Å². The second kappa shape index (κ2) is 7.42. The fraction of sp³-hybridized carbons (Fsp3) is 0.200. The molecule has 5 heteroatoms. The van der Waals surface area contributed by atoms with Gasteiger partial charge in [0.15, 0.2) is 6.29 Å². The van der Waals surface area contributed by atoms with E-state index in [1.54, 1.807) is 30.3 Å². The van der Waals surface area contributed by atoms with Crippen LogP contribution in [-0.4, -0.2) is 34.2 Å². The van der Waals surface area contributed by atoms with Gasteiger partial charge < -0.3 is 9.84 Å². The zero-order valence-electron chi connectivity index (χ0n) is 13.7. The van der Waals surface area contributed by atoms with Crippen LogP contribution in [0.25, 0.3) is 0 Å². The van der Waals surface area contributed by atoms with Crippen molar-refractivity contribution in [2.45, 2.75) is 25.4 Å². The van der Waals surface area contributed by atoms with Crippen LogP contribution < -0.4 is 0 Å². The Morgan fingerprint density at radius 1 is 1.00 bits per heavy atom. The number of aliphatic hydroxyl groups excluding tert-OH is 1. The summed E-state index contributed by atoms with van der Waals surface area (Å²) >= 11 is 0. The number of aliphatic hydroxyl groups is 1. The molecule has 0 aromatic heterocycles. The maximum Gasteiger partial charge on any atom is 0.261 e. The Balaban J connectivity index is 1.78. The van der Waals surface area contributed by atoms with E-state index in [1.165, 1.54) is 0 Å². The molecule has 1 aliphatic rings. The second-order valence-electron chi connectivity index (χ2n) is 5.80. The minimum atomic E-state index is -1.31. The van der Waals surface area contributed by atoms with Gasteiger partial charge in [-0.1, -0.05) is 48.5 Å². The molecule has 0 spiro atoms. The summed E-state index contributed by atoms with van der Waals surface area (Å²) in [5.41, 5.74) is 1.58. The van der Waals surface area contributed by atoms with Gasteiger partial charge in [-0.3, -0.25) is 14.5 Å². The summed E-state index contributed by atoms with van der Waals surface area (Å²) in [5.74, 6) is -0.843. The summed E-state index contributed by atoms with van der Waals surface area (Å²) in [6.45, 7) is 3.84. The number of benzene rings is 2. The van der Waals surface area contributed by atoms with Crippen molar-refractivity contribution in [2.75, 3.05) is 0 Å². The summed E-state index contributed by atoms with van der Waals surface area (Å²) in [5, 5.41) is 10.5. The summed E-state index contributed by atoms with van der Waals surface area (Å²) in [4.78, 5) is 26.3. The molecule has 1 N–H and O–H groups in total. The van der Waals surface area contributed by atoms with Crippen LogP contribution in [0.4, 0.5) is 0 Å². The first-order chi connectivity index (χ1) is 12.1. The number of amides is 2. The van der Waals surface area contributed by atoms with Crippen molar-refractivity contribution < 1.29 is 19.4 Å². The number of imide groups is 1. The highest BCUT2D eigenvalue weighted by molar-refractivity contribution is 6.21. The van der Waals surface area contributed by atoms with Gasteiger partial charge in [0.05, 0.1) is 23.8 Å². The lowest BCUT2D eigenvalue weighted by Gasteiger charge is -2.29. The molecule has 0 aliphatic carbocycles. The van der Waals surface area contributed by atoms with E-state index in [0.717, 1.165) is 10.5 Å². The fourth-order valence-corrected chi connectivity index (χ4v) is 2.90. The van der Waals surface area contributed by atoms with Gasteiger partial charge >= 0.3 is 0 Å². The highest BCUT2D eigenvalue weighted by atomic mass is 16.6. The average molecular weight is 337 g/mol. The molecular weight excluding hydrogens is 318 g/mol. The molecule has 1 unspecified atom stereocenters. The Morgan fingerprint density at radius 3 is 2.12 bits per heavy atom. The Hall–Kier alpha value is -2.76. The monoisotopic (exact) mass is 337 g/mol. The van der Waals surface area contributed by atoms with Crippen molar-refractivity contribution in [1.82, 2.24) is 4.90 Å². The number of hydrogen-bond donors (Lipinski definition) is 1. The molecular formula is C20H19NO4. The summed E-state index contributed by atoms with van der Waals surface area (Å²) in [6, 6.07) is 15.2. The van der Waals surface area contributed by atoms with Crippen molar-refractivity contribution in [1.29, 1.82) is 0 Å². The Bertz CT molecular complexity index is 752. The molecule has 25 heavy (non-hydrogen) atoms. The van der Waals surface area contributed by atoms with Crippen LogP contribution in [0.3, 0.4) is 0 Å². The molecule has 2 aromatic rings. The van der Waals surface area contributed by atoms with Gasteiger partial charge in [-0.15, -0.1) is 6.58 Å². The zero-order valence-corrected chi connectivity index (χ0v) is 13.7. The van der Waals surface area contributed by atoms with Crippen molar-refractivity contribution in [3.63, 3.8) is 0 Å². The largest absolute Gasteiger partial charge is 0.366 e. The molecule has 0 saturated heterocycles. The van der Waals surface area contributed by atoms with Crippen molar-refractivity contribution in [3.8, 4) is 0 Å². The predicted molar refractivity (Wildman–Crippen MR) is 92.8 cm³/mol. The zero-order chi connectivity index (χ0) is 17.8. The van der Waals surface area contributed by atoms with Gasteiger partial charge in [0, 0.05) is 0 Å². The number of hydrogen-bond acceptors (Lipinski definition) is 4. The maximum absolute atomic E-state index is 12.6. The van der Waals surface area contributed by atoms with Crippen LogP contribution in [0.2, 0.25) is 0 Å². The third-order valence-corrected chi connectivity index (χ3v) is 4.16. The quantitative estimate of drug-likeness (QED) is 0.479. The van der Waals surface area contributed by atoms with Crippen LogP contribution in [0.15, 0.2) is 67.3 Å². The first-order valence-corrected chi connectivity index (χ1v) is 8.05. The van der Waals surface area contributed by atoms with Crippen molar-refractivity contribution in [2.24, 2.45) is 0 Å². The molecule has 0 saturated carbocycles. The molecule has 2 aromatic carbocycles. The first-order valence-electron chi connectivity index (χ1n) is 8.05. The van der Waals surface area contributed by atoms with Crippen LogP contribution in [0, 0.1) is 0 Å². The Morgan fingerprint density at radius 2 is 1.56 bits per heavy atom. The third kappa shape index (κ3) is 3.38. The number of rotatable bonds is 7. The van der Waals surface area contributed by atoms with Gasteiger partial charge in [0.25, 0.3) is 11.8 Å². The smallest absolute Gasteiger partial charge is 0.261 e. The maximum atomic E-state index is 12.6. The highest BCUT2D eigenvalue weighted by Crippen LogP contribution is 2.27. The summed E-state index contributed by atoms with van der Waals surface area (Å²) in [7, 11) is 0. The average Bonchev–Trinajstić information content (AvgIpc) is 2.90. The van der Waals surface area contributed by atoms with E-state index in [1.807, 2.05) is 30.3 Å². The van der Waals surface area contributed by atoms with E-state index in [4.69, 9.17) is 4.74 Å². The predicted octanol–water partition coefficient (Wildman–Crippen LogP) is 2.76. The molecule has 1 heterocycles. The van der Waals surface area contributed by atoms with Gasteiger partial charge in [-0.2, -0.15) is 0 Å². The van der Waals surface area contributed by atoms with Crippen molar-refractivity contribution in [3.05, 3.63) is 83.9 Å². The minimum absolute atomic E-state index is 0.179. The molecule has 0 bridgehead atoms. The lowest BCUT2D eigenvalue weighted by Crippen LogP contribution is -2.47. The molecule has 2 amide bonds. The molecule has 1 aliphatic heterocycles. The normalized spacial score (nSPS) is 15.8. The molecule has 2 atom stereocenters. The fourth-order valence-electron chi connectivity index (χ4n) is 2.90. The van der Waals surface area contributed by atoms with Gasteiger partial charge in [0.2, 0.25) is 0 Å². The summed E-state index contributed by atoms with van der Waals surface area (Å²) < 4.78 is 5.51. The van der Waals surface area contributed by atoms with E-state index in [2.05, 4.69) is 6.58 Å². The number of fused-ring (bicyclic) bond motifs is 1. The van der Waals surface area contributed by atoms with Crippen LogP contribution in [0.5, 0.6) is 0 Å². The van der Waals surface area contributed by atoms with E-state index in [9.17, 15) is 14.7 Å². The van der Waals surface area contributed by atoms with Gasteiger partial charge in [-0.05, 0) is 24.1 Å². The van der Waals surface area contributed by atoms with Gasteiger partial charge in [-0.25, -0.2) is 0 Å². The first kappa shape index (κ1) is 17.1. The molecule has 0 fully saturated rings. The number of carbonyl (C=O) groups excluding carboxylic acids is 2. The topological polar surface area (TPSA) is 66.8 Å². The highest BCUT2D eigenvalue weighted by Gasteiger charge is 2.42. The molecule has 128 valence electrons. The lowest BCUT2D eigenvalue weighted by atomic mass is 10.1. The van der Waals surface area contributed by atoms with Crippen molar-refractivity contribution >= 4 is 11.8 Å². The van der Waals surface area contributed by atoms with Crippen LogP contribution in [0.1, 0.15) is 32.7 Å². The molecule has 5 nitrogen and oxygen atoms in total.